The molecule has 2 saturated heterocycles. The third-order valence-electron chi connectivity index (χ3n) is 7.18. The Morgan fingerprint density at radius 3 is 2.76 bits per heavy atom. The average Bonchev–Trinajstić information content (AvgIpc) is 3.45. The van der Waals surface area contributed by atoms with Crippen LogP contribution in [0.15, 0.2) is 30.5 Å². The van der Waals surface area contributed by atoms with Crippen LogP contribution in [0, 0.1) is 18.8 Å². The van der Waals surface area contributed by atoms with E-state index in [4.69, 9.17) is 5.73 Å². The molecule has 0 unspecified atom stereocenters. The van der Waals surface area contributed by atoms with Gasteiger partial charge in [-0.05, 0) is 49.7 Å². The molecular formula is C22H30N6O. The van der Waals surface area contributed by atoms with Crippen LogP contribution in [-0.4, -0.2) is 51.5 Å². The molecule has 154 valence electrons. The Bertz CT molecular complexity index is 887. The number of nitrogens with two attached hydrogens (primary N) is 1. The first kappa shape index (κ1) is 18.8. The first-order chi connectivity index (χ1) is 14.1. The van der Waals surface area contributed by atoms with E-state index in [1.54, 1.807) is 0 Å². The Kier molecular flexibility index (Phi) is 4.87. The SMILES string of the molecule is Cc1ccccc1[C@@H]1[C@H]2CNC[C@H]2CN1C(=O)c1cn(C2CCC(N)CC2)nn1. The van der Waals surface area contributed by atoms with Crippen LogP contribution in [0.5, 0.6) is 0 Å². The largest absolute Gasteiger partial charge is 0.329 e. The van der Waals surface area contributed by atoms with Crippen LogP contribution < -0.4 is 11.1 Å². The summed E-state index contributed by atoms with van der Waals surface area (Å²) in [5.41, 5.74) is 8.99. The van der Waals surface area contributed by atoms with Crippen molar-refractivity contribution in [1.82, 2.24) is 25.2 Å². The highest BCUT2D eigenvalue weighted by Crippen LogP contribution is 2.44. The summed E-state index contributed by atoms with van der Waals surface area (Å²) in [6.45, 7) is 4.85. The van der Waals surface area contributed by atoms with Crippen molar-refractivity contribution in [2.75, 3.05) is 19.6 Å². The Hall–Kier alpha value is -2.25. The van der Waals surface area contributed by atoms with Crippen molar-refractivity contribution in [2.24, 2.45) is 17.6 Å². The lowest BCUT2D eigenvalue weighted by molar-refractivity contribution is 0.0707. The van der Waals surface area contributed by atoms with Crippen molar-refractivity contribution in [2.45, 2.75) is 50.7 Å². The maximum Gasteiger partial charge on any atom is 0.276 e. The summed E-state index contributed by atoms with van der Waals surface area (Å²) in [6.07, 6.45) is 5.87. The zero-order valence-corrected chi connectivity index (χ0v) is 17.0. The second-order valence-electron chi connectivity index (χ2n) is 8.99. The number of nitrogens with zero attached hydrogens (tertiary/aromatic N) is 4. The first-order valence-corrected chi connectivity index (χ1v) is 10.9. The zero-order chi connectivity index (χ0) is 20.0. The van der Waals surface area contributed by atoms with Gasteiger partial charge in [0.25, 0.3) is 5.91 Å². The molecule has 1 aliphatic carbocycles. The van der Waals surface area contributed by atoms with E-state index in [1.165, 1.54) is 11.1 Å². The molecule has 7 nitrogen and oxygen atoms in total. The molecular weight excluding hydrogens is 364 g/mol. The van der Waals surface area contributed by atoms with E-state index in [9.17, 15) is 4.79 Å². The average molecular weight is 395 g/mol. The van der Waals surface area contributed by atoms with Crippen LogP contribution >= 0.6 is 0 Å². The van der Waals surface area contributed by atoms with Crippen LogP contribution in [0.1, 0.15) is 59.4 Å². The van der Waals surface area contributed by atoms with Crippen LogP contribution in [0.4, 0.5) is 0 Å². The quantitative estimate of drug-likeness (QED) is 0.832. The lowest BCUT2D eigenvalue weighted by Gasteiger charge is -2.29. The van der Waals surface area contributed by atoms with Gasteiger partial charge in [0.15, 0.2) is 5.69 Å². The molecule has 0 bridgehead atoms. The molecule has 0 radical (unpaired) electrons. The van der Waals surface area contributed by atoms with Gasteiger partial charge in [-0.15, -0.1) is 5.10 Å². The maximum absolute atomic E-state index is 13.5. The molecule has 2 aromatic rings. The van der Waals surface area contributed by atoms with Crippen molar-refractivity contribution in [3.8, 4) is 0 Å². The van der Waals surface area contributed by atoms with E-state index >= 15 is 0 Å². The van der Waals surface area contributed by atoms with Gasteiger partial charge in [-0.3, -0.25) is 4.79 Å². The van der Waals surface area contributed by atoms with Gasteiger partial charge in [0.05, 0.1) is 18.3 Å². The monoisotopic (exact) mass is 394 g/mol. The van der Waals surface area contributed by atoms with Crippen molar-refractivity contribution < 1.29 is 4.79 Å². The highest BCUT2D eigenvalue weighted by atomic mass is 16.2. The molecule has 3 heterocycles. The van der Waals surface area contributed by atoms with E-state index in [0.29, 0.717) is 29.6 Å². The zero-order valence-electron chi connectivity index (χ0n) is 17.0. The number of carbonyl (C=O) groups is 1. The summed E-state index contributed by atoms with van der Waals surface area (Å²) in [4.78, 5) is 15.5. The number of hydrogen-bond donors (Lipinski definition) is 2. The summed E-state index contributed by atoms with van der Waals surface area (Å²) in [5, 5.41) is 12.1. The first-order valence-electron chi connectivity index (χ1n) is 10.9. The van der Waals surface area contributed by atoms with E-state index < -0.39 is 0 Å². The number of fused-ring (bicyclic) bond motifs is 1. The van der Waals surface area contributed by atoms with Gasteiger partial charge in [0, 0.05) is 31.6 Å². The lowest BCUT2D eigenvalue weighted by atomic mass is 9.87. The number of carbonyl (C=O) groups excluding carboxylic acids is 1. The fourth-order valence-corrected chi connectivity index (χ4v) is 5.51. The van der Waals surface area contributed by atoms with Gasteiger partial charge < -0.3 is 16.0 Å². The fourth-order valence-electron chi connectivity index (χ4n) is 5.51. The van der Waals surface area contributed by atoms with E-state index in [-0.39, 0.29) is 11.9 Å². The van der Waals surface area contributed by atoms with E-state index in [2.05, 4.69) is 46.8 Å². The number of aromatic nitrogens is 3. The third kappa shape index (κ3) is 3.36. The van der Waals surface area contributed by atoms with Crippen LogP contribution in [0.3, 0.4) is 0 Å². The van der Waals surface area contributed by atoms with Crippen molar-refractivity contribution in [1.29, 1.82) is 0 Å². The molecule has 7 heteroatoms. The predicted molar refractivity (Wildman–Crippen MR) is 110 cm³/mol. The molecule has 0 spiro atoms. The second-order valence-corrected chi connectivity index (χ2v) is 8.99. The minimum Gasteiger partial charge on any atom is -0.329 e. The Labute approximate surface area is 171 Å². The number of benzene rings is 1. The third-order valence-corrected chi connectivity index (χ3v) is 7.18. The molecule has 3 atom stereocenters. The van der Waals surface area contributed by atoms with Crippen molar-refractivity contribution in [3.05, 3.63) is 47.3 Å². The highest BCUT2D eigenvalue weighted by Gasteiger charge is 2.47. The maximum atomic E-state index is 13.5. The summed E-state index contributed by atoms with van der Waals surface area (Å²) in [5.74, 6) is 0.958. The molecule has 1 aromatic heterocycles. The molecule has 3 aliphatic rings. The van der Waals surface area contributed by atoms with Gasteiger partial charge >= 0.3 is 0 Å². The van der Waals surface area contributed by atoms with Gasteiger partial charge in [-0.25, -0.2) is 4.68 Å². The van der Waals surface area contributed by atoms with Gasteiger partial charge in [-0.2, -0.15) is 0 Å². The minimum absolute atomic E-state index is 0.00594. The summed E-state index contributed by atoms with van der Waals surface area (Å²) >= 11 is 0. The number of nitrogens with one attached hydrogen (secondary N) is 1. The van der Waals surface area contributed by atoms with Crippen LogP contribution in [0.25, 0.3) is 0 Å². The number of hydrogen-bond acceptors (Lipinski definition) is 5. The normalized spacial score (nSPS) is 31.8. The number of rotatable bonds is 3. The summed E-state index contributed by atoms with van der Waals surface area (Å²) in [6, 6.07) is 9.14. The number of amides is 1. The second kappa shape index (κ2) is 7.54. The molecule has 5 rings (SSSR count). The van der Waals surface area contributed by atoms with E-state index in [1.807, 2.05) is 15.8 Å². The molecule has 3 N–H and O–H groups in total. The predicted octanol–water partition coefficient (Wildman–Crippen LogP) is 2.06. The Morgan fingerprint density at radius 1 is 1.17 bits per heavy atom. The molecule has 1 saturated carbocycles. The van der Waals surface area contributed by atoms with Crippen molar-refractivity contribution in [3.63, 3.8) is 0 Å². The highest BCUT2D eigenvalue weighted by molar-refractivity contribution is 5.92. The lowest BCUT2D eigenvalue weighted by Crippen LogP contribution is -2.35. The molecule has 1 amide bonds. The number of likely N-dealkylation sites (tertiary alicyclic amines) is 1. The molecule has 3 fully saturated rings. The standard InChI is InChI=1S/C22H30N6O/c1-14-4-2-3-5-18(14)21-19-11-24-10-15(19)12-27(21)22(29)20-13-28(26-25-20)17-8-6-16(23)7-9-17/h2-5,13,15-17,19,21,24H,6-12,23H2,1H3/t15-,16?,17?,19-,21+/m0/s1. The Balaban J connectivity index is 1.40. The molecule has 29 heavy (non-hydrogen) atoms. The fraction of sp³-hybridized carbons (Fsp3) is 0.591. The van der Waals surface area contributed by atoms with Crippen molar-refractivity contribution >= 4 is 5.91 Å². The molecule has 1 aromatic carbocycles. The summed E-state index contributed by atoms with van der Waals surface area (Å²) in [7, 11) is 0. The minimum atomic E-state index is 0.00594. The van der Waals surface area contributed by atoms with Gasteiger partial charge in [0.1, 0.15) is 0 Å². The van der Waals surface area contributed by atoms with Crippen LogP contribution in [0.2, 0.25) is 0 Å². The molecule has 2 aliphatic heterocycles. The van der Waals surface area contributed by atoms with Gasteiger partial charge in [0.2, 0.25) is 0 Å². The smallest absolute Gasteiger partial charge is 0.276 e. The summed E-state index contributed by atoms with van der Waals surface area (Å²) < 4.78 is 1.89. The Morgan fingerprint density at radius 2 is 1.97 bits per heavy atom. The van der Waals surface area contributed by atoms with Crippen LogP contribution in [-0.2, 0) is 0 Å². The van der Waals surface area contributed by atoms with E-state index in [0.717, 1.165) is 45.3 Å². The van der Waals surface area contributed by atoms with Gasteiger partial charge in [-0.1, -0.05) is 29.5 Å². The topological polar surface area (TPSA) is 89.1 Å². The number of aryl methyl sites for hydroxylation is 1.